The lowest BCUT2D eigenvalue weighted by Crippen LogP contribution is -2.50. The molecule has 28 heavy (non-hydrogen) atoms. The van der Waals surface area contributed by atoms with Gasteiger partial charge in [-0.05, 0) is 30.3 Å². The van der Waals surface area contributed by atoms with Gasteiger partial charge >= 0.3 is 0 Å². The second kappa shape index (κ2) is 7.63. The number of aromatic hydroxyl groups is 1. The number of amides is 1. The number of hydrogen-bond donors (Lipinski definition) is 1. The molecule has 0 bridgehead atoms. The Bertz CT molecular complexity index is 1090. The maximum Gasteiger partial charge on any atom is 0.261 e. The Hall–Kier alpha value is -2.87. The molecular formula is C20H19BrN4O3. The van der Waals surface area contributed by atoms with Gasteiger partial charge in [0.25, 0.3) is 5.56 Å². The number of fused-ring (bicyclic) bond motifs is 1. The third kappa shape index (κ3) is 3.60. The zero-order valence-corrected chi connectivity index (χ0v) is 16.7. The summed E-state index contributed by atoms with van der Waals surface area (Å²) in [5, 5.41) is 10.5. The van der Waals surface area contributed by atoms with Crippen LogP contribution in [-0.2, 0) is 11.3 Å². The molecule has 1 fully saturated rings. The van der Waals surface area contributed by atoms with E-state index in [0.29, 0.717) is 37.1 Å². The number of rotatable bonds is 3. The first-order valence-electron chi connectivity index (χ1n) is 8.98. The van der Waals surface area contributed by atoms with Crippen molar-refractivity contribution in [3.63, 3.8) is 0 Å². The smallest absolute Gasteiger partial charge is 0.261 e. The minimum atomic E-state index is -0.229. The number of phenols is 1. The standard InChI is InChI=1S/C20H19BrN4O3/c21-14-5-6-16-15(11-14)20(28)25(13-22-16)12-19(27)24-9-7-23(8-10-24)17-3-1-2-4-18(17)26/h1-6,11,13,26H,7-10,12H2. The molecule has 0 radical (unpaired) electrons. The quantitative estimate of drug-likeness (QED) is 0.672. The van der Waals surface area contributed by atoms with Crippen LogP contribution in [0.5, 0.6) is 5.75 Å². The molecule has 8 heteroatoms. The van der Waals surface area contributed by atoms with E-state index in [9.17, 15) is 14.7 Å². The molecule has 0 saturated carbocycles. The maximum absolute atomic E-state index is 12.7. The number of halogens is 1. The Morgan fingerprint density at radius 1 is 1.11 bits per heavy atom. The van der Waals surface area contributed by atoms with E-state index in [1.54, 1.807) is 29.2 Å². The van der Waals surface area contributed by atoms with Crippen LogP contribution in [0.3, 0.4) is 0 Å². The van der Waals surface area contributed by atoms with E-state index in [2.05, 4.69) is 25.8 Å². The predicted octanol–water partition coefficient (Wildman–Crippen LogP) is 2.21. The van der Waals surface area contributed by atoms with Crippen molar-refractivity contribution in [2.75, 3.05) is 31.1 Å². The summed E-state index contributed by atoms with van der Waals surface area (Å²) in [6.07, 6.45) is 1.43. The lowest BCUT2D eigenvalue weighted by Gasteiger charge is -2.36. The van der Waals surface area contributed by atoms with E-state index in [1.807, 2.05) is 18.2 Å². The fourth-order valence-electron chi connectivity index (χ4n) is 3.42. The van der Waals surface area contributed by atoms with E-state index < -0.39 is 0 Å². The Morgan fingerprint density at radius 2 is 1.86 bits per heavy atom. The lowest BCUT2D eigenvalue weighted by molar-refractivity contribution is -0.132. The Kier molecular flexibility index (Phi) is 5.04. The highest BCUT2D eigenvalue weighted by Crippen LogP contribution is 2.27. The molecule has 2 aromatic carbocycles. The predicted molar refractivity (Wildman–Crippen MR) is 111 cm³/mol. The van der Waals surface area contributed by atoms with Gasteiger partial charge in [0.05, 0.1) is 22.9 Å². The number of carbonyl (C=O) groups is 1. The van der Waals surface area contributed by atoms with Crippen molar-refractivity contribution < 1.29 is 9.90 Å². The van der Waals surface area contributed by atoms with Crippen molar-refractivity contribution in [1.82, 2.24) is 14.5 Å². The second-order valence-corrected chi connectivity index (χ2v) is 7.61. The van der Waals surface area contributed by atoms with Crippen molar-refractivity contribution >= 4 is 38.4 Å². The number of benzene rings is 2. The molecule has 1 amide bonds. The lowest BCUT2D eigenvalue weighted by atomic mass is 10.2. The van der Waals surface area contributed by atoms with Crippen LogP contribution < -0.4 is 10.5 Å². The highest BCUT2D eigenvalue weighted by Gasteiger charge is 2.23. The molecule has 4 rings (SSSR count). The Morgan fingerprint density at radius 3 is 2.61 bits per heavy atom. The van der Waals surface area contributed by atoms with E-state index in [-0.39, 0.29) is 23.8 Å². The Labute approximate surface area is 170 Å². The molecule has 3 aromatic rings. The van der Waals surface area contributed by atoms with Gasteiger partial charge in [0.2, 0.25) is 5.91 Å². The summed E-state index contributed by atoms with van der Waals surface area (Å²) in [5.74, 6) is 0.123. The van der Waals surface area contributed by atoms with Crippen LogP contribution in [0.2, 0.25) is 0 Å². The van der Waals surface area contributed by atoms with Crippen LogP contribution in [0.15, 0.2) is 58.1 Å². The van der Waals surface area contributed by atoms with Crippen LogP contribution in [0.4, 0.5) is 5.69 Å². The monoisotopic (exact) mass is 442 g/mol. The van der Waals surface area contributed by atoms with Gasteiger partial charge in [0.1, 0.15) is 12.3 Å². The van der Waals surface area contributed by atoms with Crippen molar-refractivity contribution in [2.45, 2.75) is 6.54 Å². The van der Waals surface area contributed by atoms with E-state index in [1.165, 1.54) is 10.9 Å². The molecule has 1 aliphatic heterocycles. The summed E-state index contributed by atoms with van der Waals surface area (Å²) in [7, 11) is 0. The van der Waals surface area contributed by atoms with Crippen LogP contribution >= 0.6 is 15.9 Å². The first kappa shape index (κ1) is 18.5. The average Bonchev–Trinajstić information content (AvgIpc) is 2.71. The highest BCUT2D eigenvalue weighted by molar-refractivity contribution is 9.10. The fourth-order valence-corrected chi connectivity index (χ4v) is 3.78. The minimum absolute atomic E-state index is 0.0368. The molecule has 144 valence electrons. The summed E-state index contributed by atoms with van der Waals surface area (Å²) >= 11 is 3.36. The molecule has 0 aliphatic carbocycles. The summed E-state index contributed by atoms with van der Waals surface area (Å²) in [6.45, 7) is 2.29. The van der Waals surface area contributed by atoms with Gasteiger partial charge in [-0.2, -0.15) is 0 Å². The number of phenolic OH excluding ortho intramolecular Hbond substituents is 1. The molecule has 1 aromatic heterocycles. The molecule has 1 N–H and O–H groups in total. The van der Waals surface area contributed by atoms with Gasteiger partial charge < -0.3 is 14.9 Å². The number of piperazine rings is 1. The number of aromatic nitrogens is 2. The zero-order chi connectivity index (χ0) is 19.7. The van der Waals surface area contributed by atoms with E-state index >= 15 is 0 Å². The summed E-state index contributed by atoms with van der Waals surface area (Å²) in [6, 6.07) is 12.5. The van der Waals surface area contributed by atoms with Gasteiger partial charge in [-0.15, -0.1) is 0 Å². The number of hydrogen-bond acceptors (Lipinski definition) is 5. The van der Waals surface area contributed by atoms with Gasteiger partial charge in [-0.3, -0.25) is 14.2 Å². The number of anilines is 1. The maximum atomic E-state index is 12.7. The van der Waals surface area contributed by atoms with Crippen molar-refractivity contribution in [2.24, 2.45) is 0 Å². The second-order valence-electron chi connectivity index (χ2n) is 6.70. The summed E-state index contributed by atoms with van der Waals surface area (Å²) in [5.41, 5.74) is 1.15. The molecule has 2 heterocycles. The highest BCUT2D eigenvalue weighted by atomic mass is 79.9. The number of nitrogens with zero attached hydrogens (tertiary/aromatic N) is 4. The molecule has 0 atom stereocenters. The summed E-state index contributed by atoms with van der Waals surface area (Å²) < 4.78 is 2.15. The van der Waals surface area contributed by atoms with Crippen molar-refractivity contribution in [1.29, 1.82) is 0 Å². The molecule has 1 aliphatic rings. The average molecular weight is 443 g/mol. The van der Waals surface area contributed by atoms with Crippen LogP contribution in [0.25, 0.3) is 10.9 Å². The fraction of sp³-hybridized carbons (Fsp3) is 0.250. The molecule has 0 spiro atoms. The normalized spacial score (nSPS) is 14.5. The zero-order valence-electron chi connectivity index (χ0n) is 15.1. The van der Waals surface area contributed by atoms with Crippen LogP contribution in [-0.4, -0.2) is 51.6 Å². The molecule has 7 nitrogen and oxygen atoms in total. The molecule has 1 saturated heterocycles. The minimum Gasteiger partial charge on any atom is -0.506 e. The molecule has 0 unspecified atom stereocenters. The van der Waals surface area contributed by atoms with Crippen LogP contribution in [0.1, 0.15) is 0 Å². The largest absolute Gasteiger partial charge is 0.506 e. The van der Waals surface area contributed by atoms with Gasteiger partial charge in [-0.1, -0.05) is 28.1 Å². The topological polar surface area (TPSA) is 78.7 Å². The van der Waals surface area contributed by atoms with Gasteiger partial charge in [0, 0.05) is 30.7 Å². The third-order valence-corrected chi connectivity index (χ3v) is 5.44. The first-order chi connectivity index (χ1) is 13.5. The van der Waals surface area contributed by atoms with Crippen LogP contribution in [0, 0.1) is 0 Å². The SMILES string of the molecule is O=C(Cn1cnc2ccc(Br)cc2c1=O)N1CCN(c2ccccc2O)CC1. The number of carbonyl (C=O) groups excluding carboxylic acids is 1. The van der Waals surface area contributed by atoms with Crippen molar-refractivity contribution in [3.05, 3.63) is 63.6 Å². The number of para-hydroxylation sites is 2. The summed E-state index contributed by atoms with van der Waals surface area (Å²) in [4.78, 5) is 33.4. The first-order valence-corrected chi connectivity index (χ1v) is 9.77. The van der Waals surface area contributed by atoms with E-state index in [0.717, 1.165) is 10.2 Å². The van der Waals surface area contributed by atoms with Crippen molar-refractivity contribution in [3.8, 4) is 5.75 Å². The van der Waals surface area contributed by atoms with Gasteiger partial charge in [0.15, 0.2) is 0 Å². The van der Waals surface area contributed by atoms with Gasteiger partial charge in [-0.25, -0.2) is 4.98 Å². The Balaban J connectivity index is 1.45. The third-order valence-electron chi connectivity index (χ3n) is 4.95. The molecular weight excluding hydrogens is 424 g/mol. The van der Waals surface area contributed by atoms with E-state index in [4.69, 9.17) is 0 Å².